The average molecular weight is 189 g/mol. The van der Waals surface area contributed by atoms with Gasteiger partial charge >= 0.3 is 0 Å². The number of hydrogen-bond acceptors (Lipinski definition) is 2. The predicted octanol–water partition coefficient (Wildman–Crippen LogP) is 2.72. The van der Waals surface area contributed by atoms with E-state index in [1.807, 2.05) is 44.3 Å². The number of carbonyl (C=O) groups is 1. The first-order valence-corrected chi connectivity index (χ1v) is 4.61. The van der Waals surface area contributed by atoms with Gasteiger partial charge in [0, 0.05) is 12.7 Å². The van der Waals surface area contributed by atoms with E-state index >= 15 is 0 Å². The summed E-state index contributed by atoms with van der Waals surface area (Å²) in [5, 5.41) is 3.08. The number of ketones is 1. The zero-order valence-corrected chi connectivity index (χ0v) is 8.79. The Morgan fingerprint density at radius 1 is 1.29 bits per heavy atom. The summed E-state index contributed by atoms with van der Waals surface area (Å²) in [6.07, 6.45) is 1.90. The fraction of sp³-hybridized carbons (Fsp3) is 0.250. The summed E-state index contributed by atoms with van der Waals surface area (Å²) in [5.74, 6) is 0.107. The van der Waals surface area contributed by atoms with Crippen LogP contribution in [0.1, 0.15) is 19.4 Å². The smallest absolute Gasteiger partial charge is 0.155 e. The predicted molar refractivity (Wildman–Crippen MR) is 60.3 cm³/mol. The molecule has 1 rings (SSSR count). The second-order valence-corrected chi connectivity index (χ2v) is 3.22. The molecule has 0 saturated heterocycles. The molecular formula is C12H15NO. The van der Waals surface area contributed by atoms with Gasteiger partial charge in [-0.3, -0.25) is 4.79 Å². The maximum Gasteiger partial charge on any atom is 0.155 e. The normalized spacial score (nSPS) is 11.2. The third-order valence-electron chi connectivity index (χ3n) is 2.16. The maximum atomic E-state index is 11.1. The van der Waals surface area contributed by atoms with Crippen molar-refractivity contribution in [3.05, 3.63) is 35.4 Å². The van der Waals surface area contributed by atoms with Crippen molar-refractivity contribution in [1.29, 1.82) is 0 Å². The van der Waals surface area contributed by atoms with E-state index in [-0.39, 0.29) is 5.78 Å². The molecule has 0 aliphatic carbocycles. The Labute approximate surface area is 84.6 Å². The zero-order chi connectivity index (χ0) is 10.6. The SMILES string of the molecule is CNc1ccccc1/C=C(\C)C(C)=O. The zero-order valence-electron chi connectivity index (χ0n) is 8.79. The van der Waals surface area contributed by atoms with E-state index in [1.165, 1.54) is 0 Å². The van der Waals surface area contributed by atoms with Crippen LogP contribution < -0.4 is 5.32 Å². The van der Waals surface area contributed by atoms with Crippen LogP contribution in [0.2, 0.25) is 0 Å². The van der Waals surface area contributed by atoms with Crippen LogP contribution in [-0.2, 0) is 4.79 Å². The molecule has 1 N–H and O–H groups in total. The number of Topliss-reactive ketones (excluding diaryl/α,β-unsaturated/α-hetero) is 1. The number of carbonyl (C=O) groups excluding carboxylic acids is 1. The molecule has 0 aliphatic heterocycles. The van der Waals surface area contributed by atoms with Gasteiger partial charge in [-0.2, -0.15) is 0 Å². The Kier molecular flexibility index (Phi) is 3.46. The molecule has 0 amide bonds. The largest absolute Gasteiger partial charge is 0.388 e. The lowest BCUT2D eigenvalue weighted by Crippen LogP contribution is -1.94. The minimum atomic E-state index is 0.107. The van der Waals surface area contributed by atoms with Crippen LogP contribution in [0.4, 0.5) is 5.69 Å². The number of para-hydroxylation sites is 1. The Bertz CT molecular complexity index is 366. The van der Waals surface area contributed by atoms with Gasteiger partial charge in [0.2, 0.25) is 0 Å². The van der Waals surface area contributed by atoms with Crippen molar-refractivity contribution in [2.75, 3.05) is 12.4 Å². The van der Waals surface area contributed by atoms with Crippen LogP contribution in [0.25, 0.3) is 6.08 Å². The first-order valence-electron chi connectivity index (χ1n) is 4.61. The summed E-state index contributed by atoms with van der Waals surface area (Å²) in [6, 6.07) is 7.89. The lowest BCUT2D eigenvalue weighted by Gasteiger charge is -2.05. The van der Waals surface area contributed by atoms with Crippen LogP contribution in [0, 0.1) is 0 Å². The van der Waals surface area contributed by atoms with E-state index < -0.39 is 0 Å². The van der Waals surface area contributed by atoms with E-state index in [0.717, 1.165) is 16.8 Å². The number of anilines is 1. The third kappa shape index (κ3) is 2.46. The Balaban J connectivity index is 3.07. The first kappa shape index (κ1) is 10.5. The van der Waals surface area contributed by atoms with Crippen molar-refractivity contribution >= 4 is 17.5 Å². The molecule has 14 heavy (non-hydrogen) atoms. The molecule has 0 unspecified atom stereocenters. The van der Waals surface area contributed by atoms with E-state index in [0.29, 0.717) is 0 Å². The quantitative estimate of drug-likeness (QED) is 0.741. The monoisotopic (exact) mass is 189 g/mol. The summed E-state index contributed by atoms with van der Waals surface area (Å²) in [7, 11) is 1.87. The van der Waals surface area contributed by atoms with Crippen molar-refractivity contribution in [2.45, 2.75) is 13.8 Å². The highest BCUT2D eigenvalue weighted by Gasteiger charge is 1.99. The van der Waals surface area contributed by atoms with Crippen molar-refractivity contribution in [3.63, 3.8) is 0 Å². The highest BCUT2D eigenvalue weighted by molar-refractivity contribution is 5.97. The molecule has 0 heterocycles. The average Bonchev–Trinajstić information content (AvgIpc) is 2.18. The molecular weight excluding hydrogens is 174 g/mol. The highest BCUT2D eigenvalue weighted by Crippen LogP contribution is 2.17. The number of hydrogen-bond donors (Lipinski definition) is 1. The standard InChI is InChI=1S/C12H15NO/c1-9(10(2)14)8-11-6-4-5-7-12(11)13-3/h4-8,13H,1-3H3/b9-8+. The van der Waals surface area contributed by atoms with Gasteiger partial charge in [-0.05, 0) is 37.1 Å². The van der Waals surface area contributed by atoms with E-state index in [4.69, 9.17) is 0 Å². The van der Waals surface area contributed by atoms with Gasteiger partial charge in [-0.25, -0.2) is 0 Å². The molecule has 0 atom stereocenters. The summed E-state index contributed by atoms with van der Waals surface area (Å²) < 4.78 is 0. The Morgan fingerprint density at radius 2 is 1.93 bits per heavy atom. The van der Waals surface area contributed by atoms with Gasteiger partial charge in [0.05, 0.1) is 0 Å². The van der Waals surface area contributed by atoms with Crippen molar-refractivity contribution in [1.82, 2.24) is 0 Å². The van der Waals surface area contributed by atoms with Crippen molar-refractivity contribution in [3.8, 4) is 0 Å². The number of nitrogens with one attached hydrogen (secondary N) is 1. The number of benzene rings is 1. The first-order chi connectivity index (χ1) is 6.65. The topological polar surface area (TPSA) is 29.1 Å². The third-order valence-corrected chi connectivity index (χ3v) is 2.16. The number of rotatable bonds is 3. The van der Waals surface area contributed by atoms with Crippen molar-refractivity contribution < 1.29 is 4.79 Å². The molecule has 1 aromatic rings. The lowest BCUT2D eigenvalue weighted by molar-refractivity contribution is -0.113. The molecule has 1 aromatic carbocycles. The molecule has 2 nitrogen and oxygen atoms in total. The van der Waals surface area contributed by atoms with E-state index in [9.17, 15) is 4.79 Å². The molecule has 0 aromatic heterocycles. The summed E-state index contributed by atoms with van der Waals surface area (Å²) >= 11 is 0. The minimum absolute atomic E-state index is 0.107. The second-order valence-electron chi connectivity index (χ2n) is 3.22. The van der Waals surface area contributed by atoms with Gasteiger partial charge in [0.25, 0.3) is 0 Å². The van der Waals surface area contributed by atoms with Crippen LogP contribution in [0.15, 0.2) is 29.8 Å². The molecule has 0 radical (unpaired) electrons. The fourth-order valence-corrected chi connectivity index (χ4v) is 1.19. The van der Waals surface area contributed by atoms with Gasteiger partial charge in [-0.1, -0.05) is 18.2 Å². The van der Waals surface area contributed by atoms with Crippen LogP contribution >= 0.6 is 0 Å². The molecule has 74 valence electrons. The molecule has 0 saturated carbocycles. The minimum Gasteiger partial charge on any atom is -0.388 e. The second kappa shape index (κ2) is 4.61. The molecule has 0 bridgehead atoms. The van der Waals surface area contributed by atoms with Crippen LogP contribution in [0.5, 0.6) is 0 Å². The van der Waals surface area contributed by atoms with Gasteiger partial charge in [0.1, 0.15) is 0 Å². The Hall–Kier alpha value is -1.57. The Morgan fingerprint density at radius 3 is 2.50 bits per heavy atom. The summed E-state index contributed by atoms with van der Waals surface area (Å²) in [6.45, 7) is 3.41. The van der Waals surface area contributed by atoms with Gasteiger partial charge < -0.3 is 5.32 Å². The summed E-state index contributed by atoms with van der Waals surface area (Å²) in [4.78, 5) is 11.1. The fourth-order valence-electron chi connectivity index (χ4n) is 1.19. The van der Waals surface area contributed by atoms with E-state index in [2.05, 4.69) is 5.32 Å². The summed E-state index contributed by atoms with van der Waals surface area (Å²) in [5.41, 5.74) is 2.85. The van der Waals surface area contributed by atoms with Gasteiger partial charge in [0.15, 0.2) is 5.78 Å². The number of allylic oxidation sites excluding steroid dienone is 1. The molecule has 0 fully saturated rings. The lowest BCUT2D eigenvalue weighted by atomic mass is 10.1. The van der Waals surface area contributed by atoms with E-state index in [1.54, 1.807) is 6.92 Å². The molecule has 2 heteroatoms. The highest BCUT2D eigenvalue weighted by atomic mass is 16.1. The molecule has 0 spiro atoms. The maximum absolute atomic E-state index is 11.1. The molecule has 0 aliphatic rings. The van der Waals surface area contributed by atoms with Gasteiger partial charge in [-0.15, -0.1) is 0 Å². The van der Waals surface area contributed by atoms with Crippen LogP contribution in [0.3, 0.4) is 0 Å². The van der Waals surface area contributed by atoms with Crippen molar-refractivity contribution in [2.24, 2.45) is 0 Å². The van der Waals surface area contributed by atoms with Crippen LogP contribution in [-0.4, -0.2) is 12.8 Å².